The van der Waals surface area contributed by atoms with E-state index in [1.807, 2.05) is 0 Å². The molecule has 1 N–H and O–H groups in total. The van der Waals surface area contributed by atoms with Crippen molar-refractivity contribution < 1.29 is 21.6 Å². The molecule has 0 saturated heterocycles. The Balaban J connectivity index is 2.14. The van der Waals surface area contributed by atoms with E-state index in [0.717, 1.165) is 4.31 Å². The van der Waals surface area contributed by atoms with Crippen molar-refractivity contribution in [1.29, 1.82) is 0 Å². The van der Waals surface area contributed by atoms with E-state index < -0.39 is 33.3 Å². The molecule has 0 aromatic heterocycles. The van der Waals surface area contributed by atoms with Crippen molar-refractivity contribution in [3.63, 3.8) is 0 Å². The number of nitrogens with one attached hydrogen (secondary N) is 1. The van der Waals surface area contributed by atoms with E-state index in [1.54, 1.807) is 7.05 Å². The number of fused-ring (bicyclic) bond motifs is 1. The Bertz CT molecular complexity index is 1050. The normalized spacial score (nSPS) is 15.8. The van der Waals surface area contributed by atoms with E-state index in [4.69, 9.17) is 6.57 Å². The highest BCUT2D eigenvalue weighted by Crippen LogP contribution is 2.42. The molecule has 0 fully saturated rings. The molecule has 1 heterocycles. The first kappa shape index (κ1) is 21.1. The van der Waals surface area contributed by atoms with Crippen LogP contribution in [0.1, 0.15) is 18.4 Å². The van der Waals surface area contributed by atoms with E-state index in [9.17, 15) is 21.6 Å². The Morgan fingerprint density at radius 3 is 2.45 bits per heavy atom. The topological polar surface area (TPSA) is 57.0 Å². The van der Waals surface area contributed by atoms with Crippen LogP contribution in [-0.2, 0) is 16.8 Å². The first-order valence-corrected chi connectivity index (χ1v) is 10.3. The maximum absolute atomic E-state index is 14.5. The lowest BCUT2D eigenvalue weighted by atomic mass is 10.1. The molecule has 0 atom stereocenters. The third-order valence-corrected chi connectivity index (χ3v) is 6.39. The van der Waals surface area contributed by atoms with Crippen LogP contribution in [0.15, 0.2) is 30.3 Å². The van der Waals surface area contributed by atoms with Crippen LogP contribution in [-0.4, -0.2) is 32.9 Å². The minimum Gasteiger partial charge on any atom is -0.320 e. The summed E-state index contributed by atoms with van der Waals surface area (Å²) in [5, 5.41) is 2.97. The van der Waals surface area contributed by atoms with Crippen LogP contribution in [0.25, 0.3) is 4.85 Å². The molecule has 0 radical (unpaired) electrons. The molecule has 0 bridgehead atoms. The number of nitrogens with zero attached hydrogens (tertiary/aromatic N) is 3. The van der Waals surface area contributed by atoms with Crippen molar-refractivity contribution in [2.75, 3.05) is 24.4 Å². The molecule has 1 aliphatic heterocycles. The van der Waals surface area contributed by atoms with Crippen LogP contribution >= 0.6 is 0 Å². The van der Waals surface area contributed by atoms with Gasteiger partial charge in [-0.2, -0.15) is 12.7 Å². The molecule has 3 rings (SSSR count). The summed E-state index contributed by atoms with van der Waals surface area (Å²) in [5.74, 6) is -3.81. The minimum atomic E-state index is -4.33. The highest BCUT2D eigenvalue weighted by Gasteiger charge is 2.40. The predicted molar refractivity (Wildman–Crippen MR) is 104 cm³/mol. The summed E-state index contributed by atoms with van der Waals surface area (Å²) in [6.07, 6.45) is 1.23. The van der Waals surface area contributed by atoms with Crippen LogP contribution < -0.4 is 9.62 Å². The zero-order valence-electron chi connectivity index (χ0n) is 15.6. The van der Waals surface area contributed by atoms with Gasteiger partial charge in [-0.25, -0.2) is 22.3 Å². The van der Waals surface area contributed by atoms with Crippen LogP contribution in [0.4, 0.5) is 30.2 Å². The zero-order valence-corrected chi connectivity index (χ0v) is 16.4. The summed E-state index contributed by atoms with van der Waals surface area (Å²) in [5.41, 5.74) is -0.125. The standard InChI is InChI=1S/C19H19F3N4O2S/c1-23-7-3-4-8-25-12-13-9-15(24-2)5-6-18(13)26(29(25,27)28)19-16(21)10-14(20)11-17(19)22/h5-6,9-11,23H,3-4,7-8,12H2,1H3. The average molecular weight is 424 g/mol. The lowest BCUT2D eigenvalue weighted by Gasteiger charge is -2.37. The lowest BCUT2D eigenvalue weighted by Crippen LogP contribution is -2.46. The van der Waals surface area contributed by atoms with E-state index in [1.165, 1.54) is 18.2 Å². The summed E-state index contributed by atoms with van der Waals surface area (Å²) in [6.45, 7) is 7.96. The molecule has 1 aliphatic rings. The second-order valence-corrected chi connectivity index (χ2v) is 8.34. The fourth-order valence-corrected chi connectivity index (χ4v) is 4.95. The molecule has 0 amide bonds. The highest BCUT2D eigenvalue weighted by atomic mass is 32.2. The Morgan fingerprint density at radius 2 is 1.83 bits per heavy atom. The van der Waals surface area contributed by atoms with Gasteiger partial charge in [-0.15, -0.1) is 0 Å². The largest absolute Gasteiger partial charge is 0.320 e. The van der Waals surface area contributed by atoms with Crippen LogP contribution in [0, 0.1) is 24.0 Å². The molecule has 0 saturated carbocycles. The van der Waals surface area contributed by atoms with E-state index in [-0.39, 0.29) is 24.5 Å². The van der Waals surface area contributed by atoms with Gasteiger partial charge < -0.3 is 5.32 Å². The van der Waals surface area contributed by atoms with Gasteiger partial charge in [0, 0.05) is 25.2 Å². The molecule has 29 heavy (non-hydrogen) atoms. The van der Waals surface area contributed by atoms with E-state index >= 15 is 0 Å². The molecule has 0 unspecified atom stereocenters. The van der Waals surface area contributed by atoms with Gasteiger partial charge in [-0.05, 0) is 44.1 Å². The number of benzene rings is 2. The average Bonchev–Trinajstić information content (AvgIpc) is 2.66. The van der Waals surface area contributed by atoms with Crippen LogP contribution in [0.3, 0.4) is 0 Å². The Kier molecular flexibility index (Phi) is 6.12. The molecule has 2 aromatic carbocycles. The van der Waals surface area contributed by atoms with Crippen LogP contribution in [0.2, 0.25) is 0 Å². The van der Waals surface area contributed by atoms with Gasteiger partial charge in [-0.1, -0.05) is 6.07 Å². The molecule has 0 aliphatic carbocycles. The molecule has 6 nitrogen and oxygen atoms in total. The SMILES string of the molecule is [C-]#[N+]c1ccc2c(c1)CN(CCCCNC)S(=O)(=O)N2c1c(F)cc(F)cc1F. The fourth-order valence-electron chi connectivity index (χ4n) is 3.23. The molecule has 10 heteroatoms. The number of rotatable bonds is 6. The Labute approximate surface area is 167 Å². The second-order valence-electron chi connectivity index (χ2n) is 6.56. The summed E-state index contributed by atoms with van der Waals surface area (Å²) < 4.78 is 70.5. The molecular weight excluding hydrogens is 405 g/mol. The number of hydrogen-bond donors (Lipinski definition) is 1. The van der Waals surface area contributed by atoms with Gasteiger partial charge in [0.25, 0.3) is 0 Å². The van der Waals surface area contributed by atoms with Crippen molar-refractivity contribution in [3.8, 4) is 0 Å². The van der Waals surface area contributed by atoms with Crippen molar-refractivity contribution >= 4 is 27.3 Å². The second kappa shape index (κ2) is 8.41. The lowest BCUT2D eigenvalue weighted by molar-refractivity contribution is 0.388. The van der Waals surface area contributed by atoms with Crippen molar-refractivity contribution in [3.05, 3.63) is 64.8 Å². The highest BCUT2D eigenvalue weighted by molar-refractivity contribution is 7.90. The number of anilines is 2. The molecule has 154 valence electrons. The summed E-state index contributed by atoms with van der Waals surface area (Å²) >= 11 is 0. The minimum absolute atomic E-state index is 0.0263. The maximum Gasteiger partial charge on any atom is 0.308 e. The number of halogens is 3. The maximum atomic E-state index is 14.5. The first-order valence-electron chi connectivity index (χ1n) is 8.89. The third-order valence-electron chi connectivity index (χ3n) is 4.58. The summed E-state index contributed by atoms with van der Waals surface area (Å²) in [6, 6.07) is 5.07. The van der Waals surface area contributed by atoms with E-state index in [0.29, 0.717) is 41.4 Å². The fraction of sp³-hybridized carbons (Fsp3) is 0.316. The monoisotopic (exact) mass is 424 g/mol. The van der Waals surface area contributed by atoms with Crippen molar-refractivity contribution in [2.24, 2.45) is 0 Å². The molecule has 0 spiro atoms. The number of hydrogen-bond acceptors (Lipinski definition) is 3. The Morgan fingerprint density at radius 1 is 1.14 bits per heavy atom. The number of unbranched alkanes of at least 4 members (excludes halogenated alkanes) is 1. The molecular formula is C19H19F3N4O2S. The van der Waals surface area contributed by atoms with Crippen molar-refractivity contribution in [2.45, 2.75) is 19.4 Å². The van der Waals surface area contributed by atoms with Gasteiger partial charge in [0.1, 0.15) is 11.5 Å². The molecule has 2 aromatic rings. The summed E-state index contributed by atoms with van der Waals surface area (Å²) in [7, 11) is -2.55. The first-order chi connectivity index (χ1) is 13.8. The Hall–Kier alpha value is -2.61. The zero-order chi connectivity index (χ0) is 21.2. The van der Waals surface area contributed by atoms with Gasteiger partial charge in [0.15, 0.2) is 17.3 Å². The van der Waals surface area contributed by atoms with E-state index in [2.05, 4.69) is 10.2 Å². The summed E-state index contributed by atoms with van der Waals surface area (Å²) in [4.78, 5) is 3.33. The van der Waals surface area contributed by atoms with Gasteiger partial charge in [-0.3, -0.25) is 0 Å². The van der Waals surface area contributed by atoms with Crippen LogP contribution in [0.5, 0.6) is 0 Å². The predicted octanol–water partition coefficient (Wildman–Crippen LogP) is 3.85. The smallest absolute Gasteiger partial charge is 0.308 e. The van der Waals surface area contributed by atoms with Gasteiger partial charge >= 0.3 is 10.2 Å². The third kappa shape index (κ3) is 4.07. The quantitative estimate of drug-likeness (QED) is 0.566. The van der Waals surface area contributed by atoms with Crippen molar-refractivity contribution in [1.82, 2.24) is 9.62 Å². The van der Waals surface area contributed by atoms with Gasteiger partial charge in [0.2, 0.25) is 0 Å². The van der Waals surface area contributed by atoms with Gasteiger partial charge in [0.05, 0.1) is 12.3 Å².